The van der Waals surface area contributed by atoms with Gasteiger partial charge in [-0.1, -0.05) is 30.0 Å². The number of methoxy groups -OCH3 is 1. The number of hydrogen-bond donors (Lipinski definition) is 1. The third kappa shape index (κ3) is 4.23. The van der Waals surface area contributed by atoms with Crippen LogP contribution in [0.4, 0.5) is 11.4 Å². The maximum Gasteiger partial charge on any atom is 0.296 e. The van der Waals surface area contributed by atoms with Gasteiger partial charge in [0.05, 0.1) is 34.4 Å². The van der Waals surface area contributed by atoms with E-state index in [1.165, 1.54) is 31.0 Å². The third-order valence-corrected chi connectivity index (χ3v) is 5.16. The van der Waals surface area contributed by atoms with Crippen molar-refractivity contribution in [2.75, 3.05) is 18.2 Å². The van der Waals surface area contributed by atoms with Crippen molar-refractivity contribution in [1.29, 1.82) is 0 Å². The summed E-state index contributed by atoms with van der Waals surface area (Å²) in [6.45, 7) is 4.01. The molecule has 0 aliphatic rings. The van der Waals surface area contributed by atoms with E-state index in [-0.39, 0.29) is 23.0 Å². The molecule has 0 saturated heterocycles. The Kier molecular flexibility index (Phi) is 5.79. The number of aromatic nitrogens is 1. The minimum Gasteiger partial charge on any atom is -0.496 e. The maximum atomic E-state index is 12.3. The van der Waals surface area contributed by atoms with Gasteiger partial charge in [-0.25, -0.2) is 4.98 Å². The first kappa shape index (κ1) is 19.6. The van der Waals surface area contributed by atoms with Gasteiger partial charge in [-0.3, -0.25) is 14.9 Å². The molecule has 0 aliphatic heterocycles. The number of hydrogen-bond acceptors (Lipinski definition) is 6. The summed E-state index contributed by atoms with van der Waals surface area (Å²) in [7, 11) is 1.42. The van der Waals surface area contributed by atoms with Crippen molar-refractivity contribution in [3.8, 4) is 5.75 Å². The first-order chi connectivity index (χ1) is 13.4. The topological polar surface area (TPSA) is 94.4 Å². The minimum atomic E-state index is -0.553. The van der Waals surface area contributed by atoms with E-state index >= 15 is 0 Å². The Morgan fingerprint density at radius 3 is 2.71 bits per heavy atom. The average molecular weight is 397 g/mol. The summed E-state index contributed by atoms with van der Waals surface area (Å²) in [5.74, 6) is 0.0976. The lowest BCUT2D eigenvalue weighted by atomic mass is 10.1. The summed E-state index contributed by atoms with van der Waals surface area (Å²) in [6, 6.07) is 12.3. The lowest BCUT2D eigenvalue weighted by Gasteiger charge is -2.09. The van der Waals surface area contributed by atoms with Crippen LogP contribution in [0.3, 0.4) is 0 Å². The molecule has 7 nitrogen and oxygen atoms in total. The summed E-state index contributed by atoms with van der Waals surface area (Å²) in [5.41, 5.74) is 2.99. The van der Waals surface area contributed by atoms with Crippen molar-refractivity contribution < 1.29 is 14.5 Å². The fourth-order valence-corrected chi connectivity index (χ4v) is 3.59. The number of carbonyl (C=O) groups is 1. The Morgan fingerprint density at radius 1 is 1.21 bits per heavy atom. The van der Waals surface area contributed by atoms with E-state index in [4.69, 9.17) is 4.74 Å². The van der Waals surface area contributed by atoms with Crippen LogP contribution in [0.2, 0.25) is 0 Å². The summed E-state index contributed by atoms with van der Waals surface area (Å²) in [5, 5.41) is 15.6. The number of nitrogens with zero attached hydrogens (tertiary/aromatic N) is 2. The lowest BCUT2D eigenvalue weighted by molar-refractivity contribution is -0.384. The number of aryl methyl sites for hydroxylation is 2. The zero-order valence-corrected chi connectivity index (χ0v) is 16.5. The van der Waals surface area contributed by atoms with Crippen LogP contribution in [0.25, 0.3) is 10.9 Å². The van der Waals surface area contributed by atoms with Crippen molar-refractivity contribution in [2.45, 2.75) is 18.9 Å². The largest absolute Gasteiger partial charge is 0.496 e. The Labute approximate surface area is 166 Å². The summed E-state index contributed by atoms with van der Waals surface area (Å²) in [6.07, 6.45) is 0. The average Bonchev–Trinajstić information content (AvgIpc) is 2.67. The number of pyridine rings is 1. The Bertz CT molecular complexity index is 1070. The number of rotatable bonds is 6. The predicted molar refractivity (Wildman–Crippen MR) is 110 cm³/mol. The highest BCUT2D eigenvalue weighted by atomic mass is 32.2. The van der Waals surface area contributed by atoms with E-state index in [1.807, 2.05) is 38.1 Å². The van der Waals surface area contributed by atoms with Crippen molar-refractivity contribution in [3.05, 3.63) is 63.7 Å². The molecule has 1 amide bonds. The van der Waals surface area contributed by atoms with Gasteiger partial charge in [0.15, 0.2) is 0 Å². The van der Waals surface area contributed by atoms with Gasteiger partial charge in [0.1, 0.15) is 11.4 Å². The number of nitrogens with one attached hydrogen (secondary N) is 1. The molecule has 8 heteroatoms. The number of fused-ring (bicyclic) bond motifs is 1. The van der Waals surface area contributed by atoms with Gasteiger partial charge in [-0.05, 0) is 43.2 Å². The SMILES string of the molecule is COc1ccc(NC(=O)CSc2cc(C)c3cccc(C)c3n2)c([N+](=O)[O-])c1. The molecule has 0 fully saturated rings. The van der Waals surface area contributed by atoms with Gasteiger partial charge in [0, 0.05) is 5.39 Å². The van der Waals surface area contributed by atoms with E-state index < -0.39 is 4.92 Å². The van der Waals surface area contributed by atoms with Crippen molar-refractivity contribution in [1.82, 2.24) is 4.98 Å². The van der Waals surface area contributed by atoms with Crippen LogP contribution >= 0.6 is 11.8 Å². The molecule has 3 aromatic rings. The van der Waals surface area contributed by atoms with Gasteiger partial charge in [-0.15, -0.1) is 0 Å². The fourth-order valence-electron chi connectivity index (χ4n) is 2.83. The smallest absolute Gasteiger partial charge is 0.296 e. The van der Waals surface area contributed by atoms with E-state index in [9.17, 15) is 14.9 Å². The van der Waals surface area contributed by atoms with Crippen LogP contribution in [0.15, 0.2) is 47.5 Å². The molecule has 0 spiro atoms. The van der Waals surface area contributed by atoms with Crippen molar-refractivity contribution in [3.63, 3.8) is 0 Å². The van der Waals surface area contributed by atoms with Crippen LogP contribution in [-0.4, -0.2) is 28.7 Å². The number of thioether (sulfide) groups is 1. The van der Waals surface area contributed by atoms with E-state index in [1.54, 1.807) is 6.07 Å². The molecular weight excluding hydrogens is 378 g/mol. The van der Waals surface area contributed by atoms with Gasteiger partial charge < -0.3 is 10.1 Å². The van der Waals surface area contributed by atoms with Crippen LogP contribution in [0.5, 0.6) is 5.75 Å². The van der Waals surface area contributed by atoms with Crippen molar-refractivity contribution >= 4 is 39.9 Å². The van der Waals surface area contributed by atoms with Gasteiger partial charge >= 0.3 is 0 Å². The summed E-state index contributed by atoms with van der Waals surface area (Å²) in [4.78, 5) is 27.6. The molecule has 1 aromatic heterocycles. The highest BCUT2D eigenvalue weighted by molar-refractivity contribution is 7.99. The molecular formula is C20H19N3O4S. The number of ether oxygens (including phenoxy) is 1. The molecule has 0 unspecified atom stereocenters. The predicted octanol–water partition coefficient (Wildman–Crippen LogP) is 4.50. The van der Waals surface area contributed by atoms with Gasteiger partial charge in [-0.2, -0.15) is 0 Å². The standard InChI is InChI=1S/C20H19N3O4S/c1-12-5-4-6-15-13(2)9-19(22-20(12)15)28-11-18(24)21-16-8-7-14(27-3)10-17(16)23(25)26/h4-10H,11H2,1-3H3,(H,21,24). The first-order valence-corrected chi connectivity index (χ1v) is 9.49. The second-order valence-corrected chi connectivity index (χ2v) is 7.22. The monoisotopic (exact) mass is 397 g/mol. The zero-order chi connectivity index (χ0) is 20.3. The molecule has 144 valence electrons. The number of amides is 1. The first-order valence-electron chi connectivity index (χ1n) is 8.51. The van der Waals surface area contributed by atoms with E-state index in [0.29, 0.717) is 5.75 Å². The van der Waals surface area contributed by atoms with Gasteiger partial charge in [0.25, 0.3) is 5.69 Å². The number of carbonyl (C=O) groups excluding carboxylic acids is 1. The molecule has 0 aliphatic carbocycles. The van der Waals surface area contributed by atoms with Crippen LogP contribution in [-0.2, 0) is 4.79 Å². The Balaban J connectivity index is 1.74. The third-order valence-electron chi connectivity index (χ3n) is 4.25. The van der Waals surface area contributed by atoms with Gasteiger partial charge in [0.2, 0.25) is 5.91 Å². The number of benzene rings is 2. The second-order valence-electron chi connectivity index (χ2n) is 6.23. The molecule has 28 heavy (non-hydrogen) atoms. The molecule has 3 rings (SSSR count). The minimum absolute atomic E-state index is 0.0903. The van der Waals surface area contributed by atoms with Crippen LogP contribution < -0.4 is 10.1 Å². The highest BCUT2D eigenvalue weighted by Gasteiger charge is 2.17. The molecule has 0 atom stereocenters. The Hall–Kier alpha value is -3.13. The number of nitro groups is 1. The highest BCUT2D eigenvalue weighted by Crippen LogP contribution is 2.30. The Morgan fingerprint density at radius 2 is 2.00 bits per heavy atom. The fraction of sp³-hybridized carbons (Fsp3) is 0.200. The zero-order valence-electron chi connectivity index (χ0n) is 15.7. The molecule has 0 radical (unpaired) electrons. The van der Waals surface area contributed by atoms with E-state index in [0.717, 1.165) is 27.1 Å². The molecule has 1 N–H and O–H groups in total. The normalized spacial score (nSPS) is 10.7. The molecule has 1 heterocycles. The summed E-state index contributed by atoms with van der Waals surface area (Å²) >= 11 is 1.29. The van der Waals surface area contributed by atoms with Crippen LogP contribution in [0.1, 0.15) is 11.1 Å². The maximum absolute atomic E-state index is 12.3. The number of anilines is 1. The number of para-hydroxylation sites is 1. The van der Waals surface area contributed by atoms with Crippen molar-refractivity contribution in [2.24, 2.45) is 0 Å². The summed E-state index contributed by atoms with van der Waals surface area (Å²) < 4.78 is 5.00. The number of nitro benzene ring substituents is 1. The molecule has 2 aromatic carbocycles. The quantitative estimate of drug-likeness (QED) is 0.374. The molecule has 0 saturated carbocycles. The van der Waals surface area contributed by atoms with E-state index in [2.05, 4.69) is 10.3 Å². The molecule has 0 bridgehead atoms. The lowest BCUT2D eigenvalue weighted by Crippen LogP contribution is -2.15. The second kappa shape index (κ2) is 8.26. The van der Waals surface area contributed by atoms with Crippen LogP contribution in [0, 0.1) is 24.0 Å².